The van der Waals surface area contributed by atoms with E-state index in [4.69, 9.17) is 0 Å². The molecule has 3 nitrogen and oxygen atoms in total. The maximum absolute atomic E-state index is 10.7. The fourth-order valence-electron chi connectivity index (χ4n) is 3.89. The fourth-order valence-corrected chi connectivity index (χ4v) is 3.89. The maximum atomic E-state index is 10.7. The van der Waals surface area contributed by atoms with Gasteiger partial charge in [-0.05, 0) is 41.8 Å². The highest BCUT2D eigenvalue weighted by molar-refractivity contribution is 5.85. The van der Waals surface area contributed by atoms with Gasteiger partial charge in [0.05, 0.1) is 12.0 Å². The summed E-state index contributed by atoms with van der Waals surface area (Å²) in [6, 6.07) is 25.3. The average Bonchev–Trinajstić information content (AvgIpc) is 3.03. The van der Waals surface area contributed by atoms with E-state index < -0.39 is 5.41 Å². The molecular weight excluding hydrogens is 322 g/mol. The van der Waals surface area contributed by atoms with Crippen LogP contribution in [0, 0.1) is 6.92 Å². The standard InChI is InChI=1S/C23H21NO2/c1-16-20-9-5-6-10-21(20)24-22(16)23(15-25,17-7-3-2-4-8-17)18-11-13-19(26)14-12-18/h2-14,24-26H,15H2,1H3/t23-/m1/s1. The van der Waals surface area contributed by atoms with Crippen LogP contribution in [0.25, 0.3) is 10.9 Å². The molecule has 0 fully saturated rings. The number of nitrogens with one attached hydrogen (secondary N) is 1. The summed E-state index contributed by atoms with van der Waals surface area (Å²) in [7, 11) is 0. The van der Waals surface area contributed by atoms with Crippen molar-refractivity contribution >= 4 is 10.9 Å². The molecule has 3 aromatic carbocycles. The molecule has 0 saturated carbocycles. The van der Waals surface area contributed by atoms with Crippen LogP contribution < -0.4 is 0 Å². The predicted octanol–water partition coefficient (Wildman–Crippen LogP) is 4.51. The second kappa shape index (κ2) is 6.36. The van der Waals surface area contributed by atoms with Crippen molar-refractivity contribution < 1.29 is 10.2 Å². The van der Waals surface area contributed by atoms with Gasteiger partial charge in [-0.2, -0.15) is 0 Å². The van der Waals surface area contributed by atoms with E-state index in [1.165, 1.54) is 0 Å². The van der Waals surface area contributed by atoms with Crippen LogP contribution in [0.5, 0.6) is 5.75 Å². The van der Waals surface area contributed by atoms with Crippen molar-refractivity contribution in [2.24, 2.45) is 0 Å². The molecule has 0 aliphatic rings. The first-order valence-electron chi connectivity index (χ1n) is 8.70. The van der Waals surface area contributed by atoms with Crippen LogP contribution in [0.4, 0.5) is 0 Å². The number of hydrogen-bond acceptors (Lipinski definition) is 2. The van der Waals surface area contributed by atoms with Crippen LogP contribution >= 0.6 is 0 Å². The lowest BCUT2D eigenvalue weighted by Crippen LogP contribution is -2.34. The quantitative estimate of drug-likeness (QED) is 0.511. The van der Waals surface area contributed by atoms with Crippen LogP contribution in [0.15, 0.2) is 78.9 Å². The summed E-state index contributed by atoms with van der Waals surface area (Å²) in [5.74, 6) is 0.210. The molecule has 0 aliphatic carbocycles. The summed E-state index contributed by atoms with van der Waals surface area (Å²) < 4.78 is 0. The highest BCUT2D eigenvalue weighted by atomic mass is 16.3. The highest BCUT2D eigenvalue weighted by Gasteiger charge is 2.38. The summed E-state index contributed by atoms with van der Waals surface area (Å²) in [5, 5.41) is 21.6. The van der Waals surface area contributed by atoms with Gasteiger partial charge in [-0.25, -0.2) is 0 Å². The van der Waals surface area contributed by atoms with Gasteiger partial charge in [-0.15, -0.1) is 0 Å². The van der Waals surface area contributed by atoms with Gasteiger partial charge in [0, 0.05) is 16.6 Å². The number of aromatic nitrogens is 1. The van der Waals surface area contributed by atoms with Gasteiger partial charge in [-0.3, -0.25) is 0 Å². The monoisotopic (exact) mass is 343 g/mol. The Kier molecular flexibility index (Phi) is 4.02. The molecule has 0 saturated heterocycles. The van der Waals surface area contributed by atoms with Crippen molar-refractivity contribution in [1.29, 1.82) is 0 Å². The van der Waals surface area contributed by atoms with Gasteiger partial charge in [0.1, 0.15) is 5.75 Å². The van der Waals surface area contributed by atoms with E-state index >= 15 is 0 Å². The number of rotatable bonds is 4. The van der Waals surface area contributed by atoms with Crippen LogP contribution in [0.1, 0.15) is 22.4 Å². The van der Waals surface area contributed by atoms with Gasteiger partial charge in [0.15, 0.2) is 0 Å². The Morgan fingerprint density at radius 3 is 2.08 bits per heavy atom. The first kappa shape index (κ1) is 16.4. The van der Waals surface area contributed by atoms with Gasteiger partial charge in [0.25, 0.3) is 0 Å². The maximum Gasteiger partial charge on any atom is 0.115 e. The zero-order valence-corrected chi connectivity index (χ0v) is 14.6. The minimum atomic E-state index is -0.738. The normalized spacial score (nSPS) is 13.6. The zero-order valence-electron chi connectivity index (χ0n) is 14.6. The predicted molar refractivity (Wildman–Crippen MR) is 105 cm³/mol. The first-order chi connectivity index (χ1) is 12.7. The minimum absolute atomic E-state index is 0.0878. The number of H-pyrrole nitrogens is 1. The molecule has 4 aromatic rings. The zero-order chi connectivity index (χ0) is 18.1. The molecule has 3 heteroatoms. The molecule has 0 unspecified atom stereocenters. The van der Waals surface area contributed by atoms with Crippen LogP contribution in [-0.4, -0.2) is 21.8 Å². The van der Waals surface area contributed by atoms with Crippen molar-refractivity contribution in [3.05, 3.63) is 101 Å². The number of benzene rings is 3. The van der Waals surface area contributed by atoms with E-state index in [1.807, 2.05) is 54.6 Å². The lowest BCUT2D eigenvalue weighted by Gasteiger charge is -2.33. The smallest absolute Gasteiger partial charge is 0.115 e. The van der Waals surface area contributed by atoms with E-state index in [9.17, 15) is 10.2 Å². The van der Waals surface area contributed by atoms with E-state index in [0.29, 0.717) is 0 Å². The minimum Gasteiger partial charge on any atom is -0.508 e. The topological polar surface area (TPSA) is 56.2 Å². The van der Waals surface area contributed by atoms with Crippen LogP contribution in [-0.2, 0) is 5.41 Å². The Bertz CT molecular complexity index is 1030. The Balaban J connectivity index is 2.07. The van der Waals surface area contributed by atoms with Gasteiger partial charge >= 0.3 is 0 Å². The molecular formula is C23H21NO2. The summed E-state index contributed by atoms with van der Waals surface area (Å²) >= 11 is 0. The van der Waals surface area contributed by atoms with Crippen LogP contribution in [0.2, 0.25) is 0 Å². The van der Waals surface area contributed by atoms with Gasteiger partial charge in [0.2, 0.25) is 0 Å². The molecule has 1 atom stereocenters. The molecule has 1 heterocycles. The number of aliphatic hydroxyl groups is 1. The average molecular weight is 343 g/mol. The van der Waals surface area contributed by atoms with Crippen LogP contribution in [0.3, 0.4) is 0 Å². The number of aromatic amines is 1. The number of hydrogen-bond donors (Lipinski definition) is 3. The third kappa shape index (κ3) is 2.40. The van der Waals surface area contributed by atoms with Crippen molar-refractivity contribution in [2.45, 2.75) is 12.3 Å². The number of phenolic OH excluding ortho intramolecular Hbond substituents is 1. The number of phenols is 1. The Labute approximate surface area is 152 Å². The lowest BCUT2D eigenvalue weighted by molar-refractivity contribution is 0.240. The number of fused-ring (bicyclic) bond motifs is 1. The van der Waals surface area contributed by atoms with E-state index in [1.54, 1.807) is 12.1 Å². The van der Waals surface area contributed by atoms with E-state index in [2.05, 4.69) is 24.0 Å². The molecule has 0 spiro atoms. The molecule has 0 bridgehead atoms. The first-order valence-corrected chi connectivity index (χ1v) is 8.70. The molecule has 0 aliphatic heterocycles. The molecule has 130 valence electrons. The summed E-state index contributed by atoms with van der Waals surface area (Å²) in [6.07, 6.45) is 0. The molecule has 0 radical (unpaired) electrons. The molecule has 1 aromatic heterocycles. The van der Waals surface area contributed by atoms with E-state index in [0.717, 1.165) is 33.3 Å². The number of para-hydroxylation sites is 1. The van der Waals surface area contributed by atoms with Crippen molar-refractivity contribution in [2.75, 3.05) is 6.61 Å². The SMILES string of the molecule is Cc1c([C@](CO)(c2ccccc2)c2ccc(O)cc2)[nH]c2ccccc12. The lowest BCUT2D eigenvalue weighted by atomic mass is 9.71. The summed E-state index contributed by atoms with van der Waals surface area (Å²) in [4.78, 5) is 3.54. The Morgan fingerprint density at radius 1 is 0.808 bits per heavy atom. The third-order valence-electron chi connectivity index (χ3n) is 5.26. The Morgan fingerprint density at radius 2 is 1.42 bits per heavy atom. The van der Waals surface area contributed by atoms with E-state index in [-0.39, 0.29) is 12.4 Å². The Hall–Kier alpha value is -3.04. The second-order valence-corrected chi connectivity index (χ2v) is 6.65. The highest BCUT2D eigenvalue weighted by Crippen LogP contribution is 2.42. The molecule has 0 amide bonds. The summed E-state index contributed by atoms with van der Waals surface area (Å²) in [6.45, 7) is 2.00. The molecule has 3 N–H and O–H groups in total. The fraction of sp³-hybridized carbons (Fsp3) is 0.130. The van der Waals surface area contributed by atoms with Crippen molar-refractivity contribution in [1.82, 2.24) is 4.98 Å². The van der Waals surface area contributed by atoms with Gasteiger partial charge in [-0.1, -0.05) is 60.7 Å². The van der Waals surface area contributed by atoms with Crippen molar-refractivity contribution in [3.63, 3.8) is 0 Å². The second-order valence-electron chi connectivity index (χ2n) is 6.65. The number of aryl methyl sites for hydroxylation is 1. The number of aromatic hydroxyl groups is 1. The number of aliphatic hydroxyl groups excluding tert-OH is 1. The molecule has 26 heavy (non-hydrogen) atoms. The summed E-state index contributed by atoms with van der Waals surface area (Å²) in [5.41, 5.74) is 4.33. The molecule has 4 rings (SSSR count). The third-order valence-corrected chi connectivity index (χ3v) is 5.26. The largest absolute Gasteiger partial charge is 0.508 e. The van der Waals surface area contributed by atoms with Crippen molar-refractivity contribution in [3.8, 4) is 5.75 Å². The van der Waals surface area contributed by atoms with Gasteiger partial charge < -0.3 is 15.2 Å².